The lowest BCUT2D eigenvalue weighted by Gasteiger charge is -2.18. The normalized spacial score (nSPS) is 14.6. The summed E-state index contributed by atoms with van der Waals surface area (Å²) in [5.41, 5.74) is 1.95. The van der Waals surface area contributed by atoms with Crippen LogP contribution in [-0.4, -0.2) is 17.6 Å². The Labute approximate surface area is 154 Å². The molecule has 0 aliphatic carbocycles. The fourth-order valence-corrected chi connectivity index (χ4v) is 3.74. The van der Waals surface area contributed by atoms with Gasteiger partial charge in [-0.2, -0.15) is 0 Å². The van der Waals surface area contributed by atoms with Crippen molar-refractivity contribution >= 4 is 46.4 Å². The highest BCUT2D eigenvalue weighted by Crippen LogP contribution is 2.40. The lowest BCUT2D eigenvalue weighted by molar-refractivity contribution is -0.119. The molecule has 0 bridgehead atoms. The van der Waals surface area contributed by atoms with E-state index in [0.717, 1.165) is 4.90 Å². The first-order chi connectivity index (χ1) is 12.0. The number of carbonyl (C=O) groups is 2. The van der Waals surface area contributed by atoms with E-state index in [2.05, 4.69) is 0 Å². The van der Waals surface area contributed by atoms with Crippen molar-refractivity contribution in [2.24, 2.45) is 0 Å². The summed E-state index contributed by atoms with van der Waals surface area (Å²) in [6.45, 7) is 3.67. The van der Waals surface area contributed by atoms with Crippen molar-refractivity contribution in [3.8, 4) is 0 Å². The van der Waals surface area contributed by atoms with Gasteiger partial charge in [0.25, 0.3) is 11.8 Å². The van der Waals surface area contributed by atoms with E-state index in [-0.39, 0.29) is 5.91 Å². The van der Waals surface area contributed by atoms with Crippen molar-refractivity contribution < 1.29 is 14.0 Å². The van der Waals surface area contributed by atoms with Gasteiger partial charge in [-0.15, -0.1) is 11.8 Å². The quantitative estimate of drug-likeness (QED) is 0.718. The van der Waals surface area contributed by atoms with Gasteiger partial charge in [-0.1, -0.05) is 36.7 Å². The molecule has 0 radical (unpaired) electrons. The zero-order chi connectivity index (χ0) is 18.1. The second kappa shape index (κ2) is 7.02. The lowest BCUT2D eigenvalue weighted by atomic mass is 10.1. The van der Waals surface area contributed by atoms with Crippen molar-refractivity contribution in [3.05, 3.63) is 69.3 Å². The largest absolute Gasteiger partial charge is 0.272 e. The molecule has 1 aliphatic rings. The number of thioether (sulfide) groups is 1. The number of anilines is 1. The van der Waals surface area contributed by atoms with Crippen LogP contribution in [0.4, 0.5) is 10.1 Å². The molecule has 0 aromatic heterocycles. The topological polar surface area (TPSA) is 37.4 Å². The summed E-state index contributed by atoms with van der Waals surface area (Å²) in [4.78, 5) is 27.5. The third-order valence-corrected chi connectivity index (χ3v) is 5.31. The zero-order valence-corrected chi connectivity index (χ0v) is 15.2. The summed E-state index contributed by atoms with van der Waals surface area (Å²) in [7, 11) is 0. The maximum Gasteiger partial charge on any atom is 0.272 e. The summed E-state index contributed by atoms with van der Waals surface area (Å²) in [6, 6.07) is 10.7. The number of hydrogen-bond donors (Lipinski definition) is 0. The molecule has 0 saturated heterocycles. The summed E-state index contributed by atoms with van der Waals surface area (Å²) < 4.78 is 13.2. The van der Waals surface area contributed by atoms with E-state index >= 15 is 0 Å². The Bertz CT molecular complexity index is 893. The molecule has 128 valence electrons. The number of halogens is 2. The van der Waals surface area contributed by atoms with Crippen LogP contribution in [0.15, 0.2) is 47.4 Å². The van der Waals surface area contributed by atoms with Gasteiger partial charge < -0.3 is 0 Å². The Morgan fingerprint density at radius 2 is 1.76 bits per heavy atom. The molecule has 6 heteroatoms. The minimum atomic E-state index is -0.419. The van der Waals surface area contributed by atoms with Crippen LogP contribution in [0, 0.1) is 12.7 Å². The Kier molecular flexibility index (Phi) is 4.97. The van der Waals surface area contributed by atoms with Crippen LogP contribution >= 0.6 is 23.4 Å². The average molecular weight is 376 g/mol. The van der Waals surface area contributed by atoms with E-state index in [1.807, 2.05) is 6.92 Å². The van der Waals surface area contributed by atoms with Gasteiger partial charge in [-0.05, 0) is 48.1 Å². The highest BCUT2D eigenvalue weighted by molar-refractivity contribution is 8.04. The third-order valence-electron chi connectivity index (χ3n) is 3.94. The molecule has 1 aliphatic heterocycles. The Hall–Kier alpha value is -2.11. The van der Waals surface area contributed by atoms with Crippen LogP contribution in [0.25, 0.3) is 5.57 Å². The van der Waals surface area contributed by atoms with Gasteiger partial charge in [0.05, 0.1) is 16.2 Å². The molecule has 0 spiro atoms. The Balaban J connectivity index is 2.13. The van der Waals surface area contributed by atoms with E-state index in [1.54, 1.807) is 25.1 Å². The van der Waals surface area contributed by atoms with Gasteiger partial charge in [0, 0.05) is 5.02 Å². The standard InChI is InChI=1S/C19H15ClFNO2S/c1-3-25-17-16(12-7-9-13(21)10-8-12)18(23)22(19(17)24)15-6-4-5-14(20)11(15)2/h4-10H,3H2,1-2H3. The number of amides is 2. The number of carbonyl (C=O) groups excluding carboxylic acids is 2. The van der Waals surface area contributed by atoms with Gasteiger partial charge in [-0.3, -0.25) is 9.59 Å². The Morgan fingerprint density at radius 3 is 2.40 bits per heavy atom. The van der Waals surface area contributed by atoms with Gasteiger partial charge in [0.1, 0.15) is 5.82 Å². The molecule has 3 rings (SSSR count). The predicted octanol–water partition coefficient (Wildman–Crippen LogP) is 4.83. The molecule has 2 aromatic rings. The zero-order valence-electron chi connectivity index (χ0n) is 13.7. The molecule has 25 heavy (non-hydrogen) atoms. The maximum absolute atomic E-state index is 13.2. The molecule has 2 aromatic carbocycles. The van der Waals surface area contributed by atoms with E-state index < -0.39 is 11.7 Å². The molecular formula is C19H15ClFNO2S. The maximum atomic E-state index is 13.2. The van der Waals surface area contributed by atoms with Crippen LogP contribution < -0.4 is 4.90 Å². The lowest BCUT2D eigenvalue weighted by Crippen LogP contribution is -2.32. The van der Waals surface area contributed by atoms with E-state index in [0.29, 0.717) is 38.1 Å². The highest BCUT2D eigenvalue weighted by Gasteiger charge is 2.40. The van der Waals surface area contributed by atoms with Crippen molar-refractivity contribution in [1.82, 2.24) is 0 Å². The first-order valence-electron chi connectivity index (χ1n) is 7.72. The smallest absolute Gasteiger partial charge is 0.268 e. The van der Waals surface area contributed by atoms with Crippen LogP contribution in [0.1, 0.15) is 18.1 Å². The number of nitrogens with zero attached hydrogens (tertiary/aromatic N) is 1. The summed E-state index contributed by atoms with van der Waals surface area (Å²) in [5.74, 6) is -0.547. The van der Waals surface area contributed by atoms with Gasteiger partial charge in [0.2, 0.25) is 0 Å². The summed E-state index contributed by atoms with van der Waals surface area (Å²) in [6.07, 6.45) is 0. The molecular weight excluding hydrogens is 361 g/mol. The number of rotatable bonds is 4. The van der Waals surface area contributed by atoms with Crippen molar-refractivity contribution in [2.45, 2.75) is 13.8 Å². The van der Waals surface area contributed by atoms with E-state index in [1.165, 1.54) is 36.0 Å². The fraction of sp³-hybridized carbons (Fsp3) is 0.158. The summed E-state index contributed by atoms with van der Waals surface area (Å²) >= 11 is 7.45. The van der Waals surface area contributed by atoms with E-state index in [9.17, 15) is 14.0 Å². The second-order valence-electron chi connectivity index (χ2n) is 5.47. The van der Waals surface area contributed by atoms with Gasteiger partial charge in [0.15, 0.2) is 0 Å². The third kappa shape index (κ3) is 3.10. The first kappa shape index (κ1) is 17.7. The molecule has 0 unspecified atom stereocenters. The summed E-state index contributed by atoms with van der Waals surface area (Å²) in [5, 5.41) is 0.484. The van der Waals surface area contributed by atoms with Crippen LogP contribution in [-0.2, 0) is 9.59 Å². The van der Waals surface area contributed by atoms with Crippen molar-refractivity contribution in [2.75, 3.05) is 10.7 Å². The van der Waals surface area contributed by atoms with Crippen molar-refractivity contribution in [3.63, 3.8) is 0 Å². The minimum absolute atomic E-state index is 0.302. The average Bonchev–Trinajstić information content (AvgIpc) is 2.83. The predicted molar refractivity (Wildman–Crippen MR) is 100 cm³/mol. The fourth-order valence-electron chi connectivity index (χ4n) is 2.72. The Morgan fingerprint density at radius 1 is 1.08 bits per heavy atom. The highest BCUT2D eigenvalue weighted by atomic mass is 35.5. The molecule has 0 fully saturated rings. The SMILES string of the molecule is CCSC1=C(c2ccc(F)cc2)C(=O)N(c2cccc(Cl)c2C)C1=O. The minimum Gasteiger partial charge on any atom is -0.268 e. The number of hydrogen-bond acceptors (Lipinski definition) is 3. The van der Waals surface area contributed by atoms with E-state index in [4.69, 9.17) is 11.6 Å². The first-order valence-corrected chi connectivity index (χ1v) is 9.09. The van der Waals surface area contributed by atoms with Crippen LogP contribution in [0.5, 0.6) is 0 Å². The van der Waals surface area contributed by atoms with Crippen molar-refractivity contribution in [1.29, 1.82) is 0 Å². The van der Waals surface area contributed by atoms with Gasteiger partial charge >= 0.3 is 0 Å². The molecule has 0 atom stereocenters. The second-order valence-corrected chi connectivity index (χ2v) is 7.16. The molecule has 0 N–H and O–H groups in total. The van der Waals surface area contributed by atoms with Gasteiger partial charge in [-0.25, -0.2) is 9.29 Å². The van der Waals surface area contributed by atoms with Crippen LogP contribution in [0.2, 0.25) is 5.02 Å². The molecule has 2 amide bonds. The number of imide groups is 1. The van der Waals surface area contributed by atoms with Crippen LogP contribution in [0.3, 0.4) is 0 Å². The molecule has 1 heterocycles. The number of benzene rings is 2. The molecule has 3 nitrogen and oxygen atoms in total. The molecule has 0 saturated carbocycles. The monoisotopic (exact) mass is 375 g/mol.